The van der Waals surface area contributed by atoms with Gasteiger partial charge in [0.25, 0.3) is 5.91 Å². The van der Waals surface area contributed by atoms with Gasteiger partial charge >= 0.3 is 0 Å². The van der Waals surface area contributed by atoms with Gasteiger partial charge in [-0.3, -0.25) is 9.78 Å². The highest BCUT2D eigenvalue weighted by molar-refractivity contribution is 7.09. The maximum Gasteiger partial charge on any atom is 0.251 e. The Bertz CT molecular complexity index is 552. The van der Waals surface area contributed by atoms with Gasteiger partial charge in [0.2, 0.25) is 0 Å². The van der Waals surface area contributed by atoms with E-state index >= 15 is 0 Å². The molecule has 0 aliphatic heterocycles. The lowest BCUT2D eigenvalue weighted by Crippen LogP contribution is -2.22. The van der Waals surface area contributed by atoms with Gasteiger partial charge in [-0.2, -0.15) is 0 Å². The van der Waals surface area contributed by atoms with Gasteiger partial charge in [-0.25, -0.2) is 0 Å². The minimum Gasteiger partial charge on any atom is -0.380 e. The van der Waals surface area contributed by atoms with E-state index in [0.29, 0.717) is 12.1 Å². The van der Waals surface area contributed by atoms with Crippen LogP contribution in [0.3, 0.4) is 0 Å². The molecule has 100 valence electrons. The first-order valence-corrected chi connectivity index (χ1v) is 7.08. The number of thiazole rings is 1. The Labute approximate surface area is 116 Å². The van der Waals surface area contributed by atoms with Gasteiger partial charge in [0.05, 0.1) is 12.1 Å². The standard InChI is InChI=1S/C14H17N3OS/c1-3-16-14(18)11-4-5-13(10(2)6-11)17-8-12-7-15-9-19-12/h4-7,9,17H,3,8H2,1-2H3,(H,16,18). The number of carbonyl (C=O) groups excluding carboxylic acids is 1. The van der Waals surface area contributed by atoms with E-state index < -0.39 is 0 Å². The van der Waals surface area contributed by atoms with Crippen molar-refractivity contribution in [2.24, 2.45) is 0 Å². The lowest BCUT2D eigenvalue weighted by Gasteiger charge is -2.10. The van der Waals surface area contributed by atoms with E-state index in [1.807, 2.05) is 43.8 Å². The van der Waals surface area contributed by atoms with Gasteiger partial charge in [0, 0.05) is 28.9 Å². The molecule has 0 aliphatic rings. The van der Waals surface area contributed by atoms with Crippen molar-refractivity contribution in [1.29, 1.82) is 0 Å². The van der Waals surface area contributed by atoms with Crippen LogP contribution in [0.15, 0.2) is 29.9 Å². The van der Waals surface area contributed by atoms with Gasteiger partial charge in [-0.1, -0.05) is 0 Å². The molecule has 0 radical (unpaired) electrons. The van der Waals surface area contributed by atoms with Gasteiger partial charge < -0.3 is 10.6 Å². The minimum atomic E-state index is -0.0281. The molecular formula is C14H17N3OS. The maximum absolute atomic E-state index is 11.7. The molecule has 0 spiro atoms. The third kappa shape index (κ3) is 3.54. The predicted octanol–water partition coefficient (Wildman–Crippen LogP) is 2.81. The van der Waals surface area contributed by atoms with Crippen molar-refractivity contribution in [3.05, 3.63) is 45.9 Å². The lowest BCUT2D eigenvalue weighted by atomic mass is 10.1. The van der Waals surface area contributed by atoms with Crippen LogP contribution in [0.25, 0.3) is 0 Å². The number of aromatic nitrogens is 1. The third-order valence-corrected chi connectivity index (χ3v) is 3.54. The average molecular weight is 275 g/mol. The normalized spacial score (nSPS) is 10.2. The molecule has 0 fully saturated rings. The summed E-state index contributed by atoms with van der Waals surface area (Å²) in [5.74, 6) is -0.0281. The van der Waals surface area contributed by atoms with Gasteiger partial charge in [-0.05, 0) is 37.6 Å². The number of amides is 1. The Morgan fingerprint density at radius 2 is 2.26 bits per heavy atom. The van der Waals surface area contributed by atoms with Crippen LogP contribution in [-0.2, 0) is 6.54 Å². The number of hydrogen-bond acceptors (Lipinski definition) is 4. The van der Waals surface area contributed by atoms with Crippen molar-refractivity contribution < 1.29 is 4.79 Å². The molecule has 0 saturated carbocycles. The largest absolute Gasteiger partial charge is 0.380 e. The molecular weight excluding hydrogens is 258 g/mol. The number of anilines is 1. The molecule has 4 nitrogen and oxygen atoms in total. The molecule has 19 heavy (non-hydrogen) atoms. The SMILES string of the molecule is CCNC(=O)c1ccc(NCc2cncs2)c(C)c1. The fourth-order valence-electron chi connectivity index (χ4n) is 1.78. The van der Waals surface area contributed by atoms with Crippen LogP contribution in [-0.4, -0.2) is 17.4 Å². The van der Waals surface area contributed by atoms with Crippen LogP contribution in [0.4, 0.5) is 5.69 Å². The summed E-state index contributed by atoms with van der Waals surface area (Å²) >= 11 is 1.62. The van der Waals surface area contributed by atoms with Crippen LogP contribution < -0.4 is 10.6 Å². The van der Waals surface area contributed by atoms with Crippen molar-refractivity contribution in [1.82, 2.24) is 10.3 Å². The van der Waals surface area contributed by atoms with Crippen LogP contribution in [0.5, 0.6) is 0 Å². The van der Waals surface area contributed by atoms with E-state index in [2.05, 4.69) is 15.6 Å². The molecule has 1 heterocycles. The second kappa shape index (κ2) is 6.33. The van der Waals surface area contributed by atoms with E-state index in [0.717, 1.165) is 17.8 Å². The molecule has 0 unspecified atom stereocenters. The van der Waals surface area contributed by atoms with Crippen molar-refractivity contribution in [3.8, 4) is 0 Å². The number of aryl methyl sites for hydroxylation is 1. The molecule has 2 N–H and O–H groups in total. The quantitative estimate of drug-likeness (QED) is 0.882. The van der Waals surface area contributed by atoms with E-state index in [9.17, 15) is 4.79 Å². The number of nitrogens with zero attached hydrogens (tertiary/aromatic N) is 1. The van der Waals surface area contributed by atoms with Crippen molar-refractivity contribution in [3.63, 3.8) is 0 Å². The molecule has 5 heteroatoms. The smallest absolute Gasteiger partial charge is 0.251 e. The molecule has 0 saturated heterocycles. The number of nitrogens with one attached hydrogen (secondary N) is 2. The van der Waals surface area contributed by atoms with Gasteiger partial charge in [-0.15, -0.1) is 11.3 Å². The van der Waals surface area contributed by atoms with E-state index in [1.54, 1.807) is 11.3 Å². The Hall–Kier alpha value is -1.88. The zero-order valence-electron chi connectivity index (χ0n) is 11.1. The summed E-state index contributed by atoms with van der Waals surface area (Å²) < 4.78 is 0. The molecule has 0 atom stereocenters. The van der Waals surface area contributed by atoms with E-state index in [4.69, 9.17) is 0 Å². The Morgan fingerprint density at radius 1 is 1.42 bits per heavy atom. The average Bonchev–Trinajstić information content (AvgIpc) is 2.90. The second-order valence-corrected chi connectivity index (χ2v) is 5.18. The Kier molecular flexibility index (Phi) is 4.52. The molecule has 0 bridgehead atoms. The van der Waals surface area contributed by atoms with Crippen LogP contribution in [0.1, 0.15) is 27.7 Å². The van der Waals surface area contributed by atoms with Crippen molar-refractivity contribution >= 4 is 22.9 Å². The first kappa shape index (κ1) is 13.5. The summed E-state index contributed by atoms with van der Waals surface area (Å²) in [6.07, 6.45) is 1.86. The molecule has 1 amide bonds. The summed E-state index contributed by atoms with van der Waals surface area (Å²) in [7, 11) is 0. The van der Waals surface area contributed by atoms with Crippen LogP contribution in [0, 0.1) is 6.92 Å². The molecule has 0 aliphatic carbocycles. The van der Waals surface area contributed by atoms with Crippen LogP contribution in [0.2, 0.25) is 0 Å². The number of hydrogen-bond donors (Lipinski definition) is 2. The fraction of sp³-hybridized carbons (Fsp3) is 0.286. The second-order valence-electron chi connectivity index (χ2n) is 4.21. The third-order valence-electron chi connectivity index (χ3n) is 2.76. The van der Waals surface area contributed by atoms with E-state index in [-0.39, 0.29) is 5.91 Å². The first-order chi connectivity index (χ1) is 9.20. The topological polar surface area (TPSA) is 54.0 Å². The summed E-state index contributed by atoms with van der Waals surface area (Å²) in [4.78, 5) is 16.9. The zero-order valence-corrected chi connectivity index (χ0v) is 11.9. The maximum atomic E-state index is 11.7. The monoisotopic (exact) mass is 275 g/mol. The Balaban J connectivity index is 2.04. The Morgan fingerprint density at radius 3 is 2.89 bits per heavy atom. The zero-order chi connectivity index (χ0) is 13.7. The number of benzene rings is 1. The number of rotatable bonds is 5. The predicted molar refractivity (Wildman–Crippen MR) is 78.6 cm³/mol. The molecule has 1 aromatic heterocycles. The molecule has 1 aromatic carbocycles. The highest BCUT2D eigenvalue weighted by atomic mass is 32.1. The lowest BCUT2D eigenvalue weighted by molar-refractivity contribution is 0.0956. The van der Waals surface area contributed by atoms with Gasteiger partial charge in [0.15, 0.2) is 0 Å². The summed E-state index contributed by atoms with van der Waals surface area (Å²) in [6, 6.07) is 5.69. The summed E-state index contributed by atoms with van der Waals surface area (Å²) in [5, 5.41) is 6.15. The van der Waals surface area contributed by atoms with Crippen molar-refractivity contribution in [2.75, 3.05) is 11.9 Å². The van der Waals surface area contributed by atoms with Crippen LogP contribution >= 0.6 is 11.3 Å². The summed E-state index contributed by atoms with van der Waals surface area (Å²) in [6.45, 7) is 5.31. The minimum absolute atomic E-state index is 0.0281. The fourth-order valence-corrected chi connectivity index (χ4v) is 2.31. The summed E-state index contributed by atoms with van der Waals surface area (Å²) in [5.41, 5.74) is 4.62. The highest BCUT2D eigenvalue weighted by Crippen LogP contribution is 2.18. The molecule has 2 aromatic rings. The highest BCUT2D eigenvalue weighted by Gasteiger charge is 2.06. The molecule has 2 rings (SSSR count). The number of carbonyl (C=O) groups is 1. The van der Waals surface area contributed by atoms with Crippen molar-refractivity contribution in [2.45, 2.75) is 20.4 Å². The first-order valence-electron chi connectivity index (χ1n) is 6.20. The van der Waals surface area contributed by atoms with Gasteiger partial charge in [0.1, 0.15) is 0 Å². The van der Waals surface area contributed by atoms with E-state index in [1.165, 1.54) is 4.88 Å².